The van der Waals surface area contributed by atoms with Gasteiger partial charge in [0.1, 0.15) is 11.5 Å². The smallest absolute Gasteiger partial charge is 0.234 e. The lowest BCUT2D eigenvalue weighted by molar-refractivity contribution is -0.123. The fourth-order valence-electron chi connectivity index (χ4n) is 3.01. The van der Waals surface area contributed by atoms with E-state index in [1.54, 1.807) is 14.2 Å². The molecule has 1 amide bonds. The van der Waals surface area contributed by atoms with Gasteiger partial charge in [-0.3, -0.25) is 9.69 Å². The molecule has 1 fully saturated rings. The van der Waals surface area contributed by atoms with Crippen molar-refractivity contribution in [2.75, 3.05) is 39.2 Å². The molecule has 6 heteroatoms. The Hall–Kier alpha value is -1.95. The van der Waals surface area contributed by atoms with Crippen LogP contribution in [0.2, 0.25) is 0 Å². The van der Waals surface area contributed by atoms with Crippen LogP contribution in [-0.4, -0.2) is 56.7 Å². The van der Waals surface area contributed by atoms with E-state index in [0.717, 1.165) is 43.1 Å². The Morgan fingerprint density at radius 2 is 1.92 bits per heavy atom. The number of piperidine rings is 1. The first-order chi connectivity index (χ1) is 11.5. The van der Waals surface area contributed by atoms with E-state index in [-0.39, 0.29) is 11.9 Å². The lowest BCUT2D eigenvalue weighted by Crippen LogP contribution is -2.47. The van der Waals surface area contributed by atoms with Crippen molar-refractivity contribution in [3.8, 4) is 11.5 Å². The average molecular weight is 335 g/mol. The van der Waals surface area contributed by atoms with E-state index in [2.05, 4.69) is 15.5 Å². The Morgan fingerprint density at radius 3 is 2.50 bits per heavy atom. The van der Waals surface area contributed by atoms with Crippen molar-refractivity contribution < 1.29 is 14.3 Å². The largest absolute Gasteiger partial charge is 0.497 e. The fraction of sp³-hybridized carbons (Fsp3) is 0.611. The second-order valence-electron chi connectivity index (χ2n) is 6.54. The second kappa shape index (κ2) is 8.78. The van der Waals surface area contributed by atoms with Gasteiger partial charge in [-0.1, -0.05) is 0 Å². The number of rotatable bonds is 7. The molecule has 0 aromatic heterocycles. The zero-order valence-corrected chi connectivity index (χ0v) is 15.1. The maximum Gasteiger partial charge on any atom is 0.234 e. The van der Waals surface area contributed by atoms with E-state index in [1.807, 2.05) is 32.0 Å². The minimum atomic E-state index is 0.0914. The first-order valence-electron chi connectivity index (χ1n) is 8.51. The molecule has 0 radical (unpaired) electrons. The van der Waals surface area contributed by atoms with Crippen LogP contribution in [0.4, 0.5) is 5.69 Å². The highest BCUT2D eigenvalue weighted by atomic mass is 16.5. The topological polar surface area (TPSA) is 62.8 Å². The van der Waals surface area contributed by atoms with E-state index in [1.165, 1.54) is 0 Å². The summed E-state index contributed by atoms with van der Waals surface area (Å²) in [5, 5.41) is 6.49. The van der Waals surface area contributed by atoms with Crippen LogP contribution in [0.25, 0.3) is 0 Å². The molecule has 1 aliphatic rings. The average Bonchev–Trinajstić information content (AvgIpc) is 2.53. The Balaban J connectivity index is 1.94. The van der Waals surface area contributed by atoms with Gasteiger partial charge in [0.05, 0.1) is 20.8 Å². The fourth-order valence-corrected chi connectivity index (χ4v) is 3.01. The first kappa shape index (κ1) is 18.4. The summed E-state index contributed by atoms with van der Waals surface area (Å²) in [6.07, 6.45) is 2.16. The van der Waals surface area contributed by atoms with Crippen LogP contribution in [0.5, 0.6) is 11.5 Å². The number of likely N-dealkylation sites (tertiary alicyclic amines) is 1. The second-order valence-corrected chi connectivity index (χ2v) is 6.54. The monoisotopic (exact) mass is 335 g/mol. The summed E-state index contributed by atoms with van der Waals surface area (Å²) in [5.41, 5.74) is 0.977. The van der Waals surface area contributed by atoms with Crippen LogP contribution in [0, 0.1) is 0 Å². The van der Waals surface area contributed by atoms with Crippen LogP contribution in [0.15, 0.2) is 18.2 Å². The number of hydrogen-bond acceptors (Lipinski definition) is 5. The highest BCUT2D eigenvalue weighted by Gasteiger charge is 2.22. The third-order valence-corrected chi connectivity index (χ3v) is 4.04. The summed E-state index contributed by atoms with van der Waals surface area (Å²) in [6.45, 7) is 6.23. The van der Waals surface area contributed by atoms with Crippen LogP contribution >= 0.6 is 0 Å². The number of methoxy groups -OCH3 is 2. The van der Waals surface area contributed by atoms with Crippen molar-refractivity contribution in [1.29, 1.82) is 0 Å². The normalized spacial score (nSPS) is 18.3. The zero-order chi connectivity index (χ0) is 17.5. The van der Waals surface area contributed by atoms with Crippen LogP contribution in [0.1, 0.15) is 26.7 Å². The Labute approximate surface area is 144 Å². The molecule has 24 heavy (non-hydrogen) atoms. The molecule has 0 spiro atoms. The number of nitrogens with one attached hydrogen (secondary N) is 2. The number of hydrogen-bond donors (Lipinski definition) is 2. The summed E-state index contributed by atoms with van der Waals surface area (Å²) < 4.78 is 10.6. The van der Waals surface area contributed by atoms with Gasteiger partial charge >= 0.3 is 0 Å². The molecule has 1 aromatic rings. The minimum Gasteiger partial charge on any atom is -0.497 e. The molecule has 1 atom stereocenters. The lowest BCUT2D eigenvalue weighted by atomic mass is 10.1. The highest BCUT2D eigenvalue weighted by molar-refractivity contribution is 5.78. The number of nitrogens with zero attached hydrogens (tertiary/aromatic N) is 1. The summed E-state index contributed by atoms with van der Waals surface area (Å²) in [7, 11) is 3.29. The number of amides is 1. The third-order valence-electron chi connectivity index (χ3n) is 4.04. The molecule has 1 aromatic carbocycles. The van der Waals surface area contributed by atoms with Gasteiger partial charge in [0.15, 0.2) is 0 Å². The van der Waals surface area contributed by atoms with Crippen molar-refractivity contribution in [3.63, 3.8) is 0 Å². The van der Waals surface area contributed by atoms with Gasteiger partial charge in [0.25, 0.3) is 0 Å². The molecule has 0 aliphatic carbocycles. The molecule has 1 saturated heterocycles. The van der Waals surface area contributed by atoms with E-state index >= 15 is 0 Å². The van der Waals surface area contributed by atoms with Crippen molar-refractivity contribution >= 4 is 11.6 Å². The summed E-state index contributed by atoms with van der Waals surface area (Å²) in [6, 6.07) is 6.27. The predicted molar refractivity (Wildman–Crippen MR) is 95.9 cm³/mol. The molecular weight excluding hydrogens is 306 g/mol. The van der Waals surface area contributed by atoms with Crippen LogP contribution < -0.4 is 20.1 Å². The maximum absolute atomic E-state index is 11.9. The van der Waals surface area contributed by atoms with Gasteiger partial charge in [-0.2, -0.15) is 0 Å². The van der Waals surface area contributed by atoms with Gasteiger partial charge in [-0.05, 0) is 33.2 Å². The Morgan fingerprint density at radius 1 is 1.25 bits per heavy atom. The third kappa shape index (κ3) is 5.60. The number of benzene rings is 1. The Kier molecular flexibility index (Phi) is 6.73. The van der Waals surface area contributed by atoms with Gasteiger partial charge in [-0.25, -0.2) is 0 Å². The van der Waals surface area contributed by atoms with Crippen LogP contribution in [0.3, 0.4) is 0 Å². The molecule has 2 rings (SSSR count). The number of carbonyl (C=O) groups is 1. The van der Waals surface area contributed by atoms with Crippen molar-refractivity contribution in [1.82, 2.24) is 10.2 Å². The molecule has 0 saturated carbocycles. The summed E-state index contributed by atoms with van der Waals surface area (Å²) in [4.78, 5) is 14.2. The van der Waals surface area contributed by atoms with Gasteiger partial charge in [-0.15, -0.1) is 0 Å². The van der Waals surface area contributed by atoms with Gasteiger partial charge in [0.2, 0.25) is 5.91 Å². The zero-order valence-electron chi connectivity index (χ0n) is 15.1. The standard InChI is InChI=1S/C18H29N3O3/c1-13(2)19-18(22)12-21-7-5-6-14(11-21)20-15-8-16(23-3)10-17(9-15)24-4/h8-10,13-14,20H,5-7,11-12H2,1-4H3,(H,19,22). The van der Waals surface area contributed by atoms with E-state index < -0.39 is 0 Å². The minimum absolute atomic E-state index is 0.0914. The summed E-state index contributed by atoms with van der Waals surface area (Å²) in [5.74, 6) is 1.62. The quantitative estimate of drug-likeness (QED) is 0.799. The lowest BCUT2D eigenvalue weighted by Gasteiger charge is -2.33. The molecule has 1 heterocycles. The van der Waals surface area contributed by atoms with Crippen LogP contribution in [-0.2, 0) is 4.79 Å². The number of ether oxygens (including phenoxy) is 2. The first-order valence-corrected chi connectivity index (χ1v) is 8.51. The predicted octanol–water partition coefficient (Wildman–Crippen LogP) is 2.10. The molecule has 6 nitrogen and oxygen atoms in total. The number of anilines is 1. The summed E-state index contributed by atoms with van der Waals surface area (Å²) >= 11 is 0. The SMILES string of the molecule is COc1cc(NC2CCCN(CC(=O)NC(C)C)C2)cc(OC)c1. The highest BCUT2D eigenvalue weighted by Crippen LogP contribution is 2.27. The van der Waals surface area contributed by atoms with Crippen molar-refractivity contribution in [2.45, 2.75) is 38.8 Å². The van der Waals surface area contributed by atoms with Crippen molar-refractivity contribution in [3.05, 3.63) is 18.2 Å². The maximum atomic E-state index is 11.9. The van der Waals surface area contributed by atoms with Crippen molar-refractivity contribution in [2.24, 2.45) is 0 Å². The molecule has 2 N–H and O–H groups in total. The molecule has 0 bridgehead atoms. The molecule has 1 aliphatic heterocycles. The molecule has 134 valence electrons. The molecule has 1 unspecified atom stereocenters. The van der Waals surface area contributed by atoms with Gasteiger partial charge < -0.3 is 20.1 Å². The van der Waals surface area contributed by atoms with E-state index in [0.29, 0.717) is 12.6 Å². The molecular formula is C18H29N3O3. The number of carbonyl (C=O) groups excluding carboxylic acids is 1. The van der Waals surface area contributed by atoms with E-state index in [9.17, 15) is 4.79 Å². The van der Waals surface area contributed by atoms with Gasteiger partial charge in [0, 0.05) is 42.5 Å². The Bertz CT molecular complexity index is 526. The van der Waals surface area contributed by atoms with E-state index in [4.69, 9.17) is 9.47 Å².